The Morgan fingerprint density at radius 1 is 1.19 bits per heavy atom. The molecule has 0 spiro atoms. The number of halogens is 1. The largest absolute Gasteiger partial charge is 0.452 e. The molecule has 0 fully saturated rings. The SMILES string of the molecule is CC(C)c1ccc(NC(=O)COC(=O)c2cc([N+](=O)[O-])ccc2Cl)cc1. The fourth-order valence-electron chi connectivity index (χ4n) is 2.14. The van der Waals surface area contributed by atoms with Gasteiger partial charge in [-0.05, 0) is 29.7 Å². The summed E-state index contributed by atoms with van der Waals surface area (Å²) < 4.78 is 4.88. The molecule has 2 rings (SSSR count). The smallest absolute Gasteiger partial charge is 0.340 e. The fourth-order valence-corrected chi connectivity index (χ4v) is 2.34. The van der Waals surface area contributed by atoms with E-state index in [4.69, 9.17) is 16.3 Å². The minimum Gasteiger partial charge on any atom is -0.452 e. The zero-order valence-corrected chi connectivity index (χ0v) is 14.9. The lowest BCUT2D eigenvalue weighted by atomic mass is 10.0. The molecule has 0 saturated heterocycles. The summed E-state index contributed by atoms with van der Waals surface area (Å²) in [5, 5.41) is 13.4. The highest BCUT2D eigenvalue weighted by atomic mass is 35.5. The minimum atomic E-state index is -0.913. The zero-order valence-electron chi connectivity index (χ0n) is 14.2. The van der Waals surface area contributed by atoms with Gasteiger partial charge in [0.2, 0.25) is 0 Å². The highest BCUT2D eigenvalue weighted by Gasteiger charge is 2.18. The van der Waals surface area contributed by atoms with E-state index >= 15 is 0 Å². The van der Waals surface area contributed by atoms with E-state index < -0.39 is 23.4 Å². The molecule has 2 aromatic rings. The van der Waals surface area contributed by atoms with E-state index in [1.165, 1.54) is 12.1 Å². The molecule has 2 aromatic carbocycles. The molecule has 0 bridgehead atoms. The van der Waals surface area contributed by atoms with Crippen LogP contribution in [-0.2, 0) is 9.53 Å². The van der Waals surface area contributed by atoms with E-state index in [1.54, 1.807) is 12.1 Å². The number of esters is 1. The number of carbonyl (C=O) groups is 2. The standard InChI is InChI=1S/C18H17ClN2O5/c1-11(2)12-3-5-13(6-4-12)20-17(22)10-26-18(23)15-9-14(21(24)25)7-8-16(15)19/h3-9,11H,10H2,1-2H3,(H,20,22). The molecule has 26 heavy (non-hydrogen) atoms. The molecule has 0 aliphatic carbocycles. The van der Waals surface area contributed by atoms with Gasteiger partial charge in [-0.15, -0.1) is 0 Å². The minimum absolute atomic E-state index is 0.00489. The van der Waals surface area contributed by atoms with Gasteiger partial charge in [-0.25, -0.2) is 4.79 Å². The molecular weight excluding hydrogens is 360 g/mol. The Morgan fingerprint density at radius 2 is 1.85 bits per heavy atom. The van der Waals surface area contributed by atoms with Crippen molar-refractivity contribution in [2.75, 3.05) is 11.9 Å². The number of hydrogen-bond acceptors (Lipinski definition) is 5. The molecule has 0 atom stereocenters. The lowest BCUT2D eigenvalue weighted by Gasteiger charge is -2.09. The van der Waals surface area contributed by atoms with Crippen molar-refractivity contribution in [3.05, 3.63) is 68.7 Å². The van der Waals surface area contributed by atoms with Crippen molar-refractivity contribution in [1.82, 2.24) is 0 Å². The molecule has 0 aliphatic rings. The monoisotopic (exact) mass is 376 g/mol. The van der Waals surface area contributed by atoms with E-state index in [0.29, 0.717) is 11.6 Å². The topological polar surface area (TPSA) is 98.5 Å². The highest BCUT2D eigenvalue weighted by molar-refractivity contribution is 6.33. The van der Waals surface area contributed by atoms with Gasteiger partial charge in [0.15, 0.2) is 6.61 Å². The predicted molar refractivity (Wildman–Crippen MR) is 97.5 cm³/mol. The molecule has 1 N–H and O–H groups in total. The summed E-state index contributed by atoms with van der Waals surface area (Å²) in [6, 6.07) is 10.7. The first kappa shape index (κ1) is 19.4. The molecular formula is C18H17ClN2O5. The van der Waals surface area contributed by atoms with Crippen LogP contribution < -0.4 is 5.32 Å². The van der Waals surface area contributed by atoms with E-state index in [1.807, 2.05) is 12.1 Å². The first-order chi connectivity index (χ1) is 12.3. The number of non-ortho nitro benzene ring substituents is 1. The maximum absolute atomic E-state index is 12.0. The summed E-state index contributed by atoms with van der Waals surface area (Å²) in [4.78, 5) is 34.0. The summed E-state index contributed by atoms with van der Waals surface area (Å²) >= 11 is 5.86. The number of ether oxygens (including phenoxy) is 1. The molecule has 0 aliphatic heterocycles. The van der Waals surface area contributed by atoms with Crippen LogP contribution in [0.3, 0.4) is 0 Å². The third-order valence-corrected chi connectivity index (χ3v) is 3.91. The number of carbonyl (C=O) groups excluding carboxylic acids is 2. The van der Waals surface area contributed by atoms with Gasteiger partial charge in [-0.3, -0.25) is 14.9 Å². The van der Waals surface area contributed by atoms with E-state index in [2.05, 4.69) is 19.2 Å². The van der Waals surface area contributed by atoms with Gasteiger partial charge in [0, 0.05) is 17.8 Å². The van der Waals surface area contributed by atoms with Crippen molar-refractivity contribution in [3.8, 4) is 0 Å². The van der Waals surface area contributed by atoms with E-state index in [9.17, 15) is 19.7 Å². The number of nitro benzene ring substituents is 1. The summed E-state index contributed by atoms with van der Waals surface area (Å²) in [7, 11) is 0. The molecule has 7 nitrogen and oxygen atoms in total. The third-order valence-electron chi connectivity index (χ3n) is 3.58. The zero-order chi connectivity index (χ0) is 19.3. The number of benzene rings is 2. The maximum Gasteiger partial charge on any atom is 0.340 e. The lowest BCUT2D eigenvalue weighted by molar-refractivity contribution is -0.384. The van der Waals surface area contributed by atoms with Gasteiger partial charge in [0.1, 0.15) is 0 Å². The summed E-state index contributed by atoms with van der Waals surface area (Å²) in [6.45, 7) is 3.59. The lowest BCUT2D eigenvalue weighted by Crippen LogP contribution is -2.21. The van der Waals surface area contributed by atoms with Gasteiger partial charge >= 0.3 is 5.97 Å². The first-order valence-electron chi connectivity index (χ1n) is 7.79. The molecule has 0 radical (unpaired) electrons. The molecule has 0 saturated carbocycles. The second kappa shape index (κ2) is 8.44. The van der Waals surface area contributed by atoms with Crippen LogP contribution in [0.1, 0.15) is 35.7 Å². The average Bonchev–Trinajstić information content (AvgIpc) is 2.60. The Balaban J connectivity index is 1.95. The molecule has 0 aromatic heterocycles. The number of nitrogens with zero attached hydrogens (tertiary/aromatic N) is 1. The Hall–Kier alpha value is -2.93. The Bertz CT molecular complexity index is 834. The van der Waals surface area contributed by atoms with E-state index in [-0.39, 0.29) is 16.3 Å². The second-order valence-electron chi connectivity index (χ2n) is 5.82. The number of rotatable bonds is 6. The normalized spacial score (nSPS) is 10.5. The summed E-state index contributed by atoms with van der Waals surface area (Å²) in [6.07, 6.45) is 0. The fraction of sp³-hybridized carbons (Fsp3) is 0.222. The van der Waals surface area contributed by atoms with Crippen LogP contribution in [0.5, 0.6) is 0 Å². The van der Waals surface area contributed by atoms with Crippen LogP contribution in [0, 0.1) is 10.1 Å². The average molecular weight is 377 g/mol. The van der Waals surface area contributed by atoms with Crippen LogP contribution in [0.2, 0.25) is 5.02 Å². The molecule has 0 unspecified atom stereocenters. The molecule has 8 heteroatoms. The predicted octanol–water partition coefficient (Wildman–Crippen LogP) is 4.17. The summed E-state index contributed by atoms with van der Waals surface area (Å²) in [5.41, 5.74) is 1.24. The van der Waals surface area contributed by atoms with Crippen molar-refractivity contribution in [3.63, 3.8) is 0 Å². The second-order valence-corrected chi connectivity index (χ2v) is 6.23. The van der Waals surface area contributed by atoms with Crippen molar-refractivity contribution < 1.29 is 19.2 Å². The van der Waals surface area contributed by atoms with Crippen LogP contribution in [-0.4, -0.2) is 23.4 Å². The van der Waals surface area contributed by atoms with Gasteiger partial charge in [0.25, 0.3) is 11.6 Å². The molecule has 136 valence electrons. The third kappa shape index (κ3) is 5.03. The Labute approximate surface area is 155 Å². The number of anilines is 1. The number of nitro groups is 1. The quantitative estimate of drug-likeness (QED) is 0.463. The summed E-state index contributed by atoms with van der Waals surface area (Å²) in [5.74, 6) is -1.07. The van der Waals surface area contributed by atoms with E-state index in [0.717, 1.165) is 11.6 Å². The highest BCUT2D eigenvalue weighted by Crippen LogP contribution is 2.23. The Morgan fingerprint density at radius 3 is 2.42 bits per heavy atom. The van der Waals surface area contributed by atoms with Crippen molar-refractivity contribution in [1.29, 1.82) is 0 Å². The number of amides is 1. The van der Waals surface area contributed by atoms with Gasteiger partial charge in [-0.2, -0.15) is 0 Å². The molecule has 0 heterocycles. The number of hydrogen-bond donors (Lipinski definition) is 1. The molecule has 1 amide bonds. The van der Waals surface area contributed by atoms with Crippen LogP contribution >= 0.6 is 11.6 Å². The number of nitrogens with one attached hydrogen (secondary N) is 1. The van der Waals surface area contributed by atoms with Crippen molar-refractivity contribution in [2.24, 2.45) is 0 Å². The first-order valence-corrected chi connectivity index (χ1v) is 8.16. The van der Waals surface area contributed by atoms with Gasteiger partial charge in [0.05, 0.1) is 15.5 Å². The maximum atomic E-state index is 12.0. The van der Waals surface area contributed by atoms with Crippen LogP contribution in [0.4, 0.5) is 11.4 Å². The van der Waals surface area contributed by atoms with Crippen molar-refractivity contribution >= 4 is 34.9 Å². The van der Waals surface area contributed by atoms with Crippen molar-refractivity contribution in [2.45, 2.75) is 19.8 Å². The van der Waals surface area contributed by atoms with Gasteiger partial charge in [-0.1, -0.05) is 37.6 Å². The van der Waals surface area contributed by atoms with Crippen LogP contribution in [0.25, 0.3) is 0 Å². The Kier molecular flexibility index (Phi) is 6.30. The van der Waals surface area contributed by atoms with Gasteiger partial charge < -0.3 is 10.1 Å². The van der Waals surface area contributed by atoms with Crippen LogP contribution in [0.15, 0.2) is 42.5 Å².